The first-order chi connectivity index (χ1) is 9.20. The first-order valence-electron chi connectivity index (χ1n) is 7.71. The molecular weight excluding hydrogens is 232 g/mol. The van der Waals surface area contributed by atoms with Gasteiger partial charge in [0.15, 0.2) is 0 Å². The number of aryl methyl sites for hydroxylation is 1. The van der Waals surface area contributed by atoms with Crippen LogP contribution in [0, 0.1) is 12.8 Å². The molecule has 0 aliphatic carbocycles. The molecule has 1 saturated heterocycles. The van der Waals surface area contributed by atoms with E-state index in [1.807, 2.05) is 0 Å². The van der Waals surface area contributed by atoms with Crippen LogP contribution in [0.5, 0.6) is 0 Å². The standard InChI is InChI=1S/C17H28N2/c1-4-14(2)17-13-19(12-10-18-17)11-9-16-8-6-5-7-15(16)3/h5-8,14,17-18H,4,9-13H2,1-3H3. The summed E-state index contributed by atoms with van der Waals surface area (Å²) in [5, 5.41) is 3.67. The van der Waals surface area contributed by atoms with Crippen molar-refractivity contribution in [3.63, 3.8) is 0 Å². The molecule has 1 fully saturated rings. The zero-order valence-corrected chi connectivity index (χ0v) is 12.7. The van der Waals surface area contributed by atoms with Crippen LogP contribution in [0.1, 0.15) is 31.4 Å². The lowest BCUT2D eigenvalue weighted by atomic mass is 9.97. The first kappa shape index (κ1) is 14.5. The van der Waals surface area contributed by atoms with Gasteiger partial charge in [0.05, 0.1) is 0 Å². The molecule has 1 aliphatic heterocycles. The van der Waals surface area contributed by atoms with E-state index in [0.717, 1.165) is 12.5 Å². The van der Waals surface area contributed by atoms with Crippen LogP contribution in [0.25, 0.3) is 0 Å². The van der Waals surface area contributed by atoms with Gasteiger partial charge in [-0.2, -0.15) is 0 Å². The van der Waals surface area contributed by atoms with Gasteiger partial charge in [0, 0.05) is 32.2 Å². The highest BCUT2D eigenvalue weighted by atomic mass is 15.2. The molecule has 19 heavy (non-hydrogen) atoms. The Hall–Kier alpha value is -0.860. The number of piperazine rings is 1. The summed E-state index contributed by atoms with van der Waals surface area (Å²) in [6.45, 7) is 11.6. The van der Waals surface area contributed by atoms with Crippen LogP contribution in [-0.4, -0.2) is 37.1 Å². The number of nitrogens with one attached hydrogen (secondary N) is 1. The third-order valence-electron chi connectivity index (χ3n) is 4.58. The largest absolute Gasteiger partial charge is 0.311 e. The number of nitrogens with zero attached hydrogens (tertiary/aromatic N) is 1. The third kappa shape index (κ3) is 4.05. The molecule has 2 nitrogen and oxygen atoms in total. The van der Waals surface area contributed by atoms with Crippen LogP contribution in [0.2, 0.25) is 0 Å². The summed E-state index contributed by atoms with van der Waals surface area (Å²) in [5.41, 5.74) is 2.93. The predicted molar refractivity (Wildman–Crippen MR) is 82.6 cm³/mol. The molecule has 0 aromatic heterocycles. The zero-order valence-electron chi connectivity index (χ0n) is 12.7. The highest BCUT2D eigenvalue weighted by Crippen LogP contribution is 2.14. The molecule has 1 heterocycles. The van der Waals surface area contributed by atoms with Gasteiger partial charge in [-0.3, -0.25) is 0 Å². The molecule has 2 atom stereocenters. The fourth-order valence-electron chi connectivity index (χ4n) is 2.88. The van der Waals surface area contributed by atoms with Gasteiger partial charge >= 0.3 is 0 Å². The van der Waals surface area contributed by atoms with E-state index in [4.69, 9.17) is 0 Å². The second-order valence-electron chi connectivity index (χ2n) is 5.92. The van der Waals surface area contributed by atoms with Gasteiger partial charge in [0.2, 0.25) is 0 Å². The van der Waals surface area contributed by atoms with E-state index in [1.165, 1.54) is 43.6 Å². The molecule has 1 N–H and O–H groups in total. The van der Waals surface area contributed by atoms with Gasteiger partial charge in [0.25, 0.3) is 0 Å². The molecule has 0 bridgehead atoms. The highest BCUT2D eigenvalue weighted by Gasteiger charge is 2.22. The van der Waals surface area contributed by atoms with E-state index in [9.17, 15) is 0 Å². The highest BCUT2D eigenvalue weighted by molar-refractivity contribution is 5.25. The Balaban J connectivity index is 1.84. The number of benzene rings is 1. The monoisotopic (exact) mass is 260 g/mol. The minimum atomic E-state index is 0.677. The van der Waals surface area contributed by atoms with E-state index in [1.54, 1.807) is 0 Å². The van der Waals surface area contributed by atoms with E-state index in [2.05, 4.69) is 55.3 Å². The predicted octanol–water partition coefficient (Wildman–Crippen LogP) is 2.86. The smallest absolute Gasteiger partial charge is 0.0221 e. The van der Waals surface area contributed by atoms with Crippen molar-refractivity contribution in [1.82, 2.24) is 10.2 Å². The fourth-order valence-corrected chi connectivity index (χ4v) is 2.88. The second kappa shape index (κ2) is 7.06. The Labute approximate surface area is 118 Å². The van der Waals surface area contributed by atoms with Crippen molar-refractivity contribution in [3.8, 4) is 0 Å². The average Bonchev–Trinajstić information content (AvgIpc) is 2.46. The first-order valence-corrected chi connectivity index (χ1v) is 7.71. The van der Waals surface area contributed by atoms with Crippen LogP contribution in [-0.2, 0) is 6.42 Å². The Morgan fingerprint density at radius 2 is 2.16 bits per heavy atom. The number of rotatable bonds is 5. The SMILES string of the molecule is CCC(C)C1CN(CCc2ccccc2C)CCN1. The summed E-state index contributed by atoms with van der Waals surface area (Å²) in [5.74, 6) is 0.779. The van der Waals surface area contributed by atoms with Crippen LogP contribution < -0.4 is 5.32 Å². The summed E-state index contributed by atoms with van der Waals surface area (Å²) >= 11 is 0. The van der Waals surface area contributed by atoms with E-state index in [0.29, 0.717) is 6.04 Å². The summed E-state index contributed by atoms with van der Waals surface area (Å²) in [7, 11) is 0. The minimum Gasteiger partial charge on any atom is -0.311 e. The van der Waals surface area contributed by atoms with Gasteiger partial charge in [-0.25, -0.2) is 0 Å². The average molecular weight is 260 g/mol. The molecule has 0 radical (unpaired) electrons. The lowest BCUT2D eigenvalue weighted by Crippen LogP contribution is -2.53. The quantitative estimate of drug-likeness (QED) is 0.876. The third-order valence-corrected chi connectivity index (χ3v) is 4.58. The molecule has 2 rings (SSSR count). The van der Waals surface area contributed by atoms with Crippen molar-refractivity contribution < 1.29 is 0 Å². The Morgan fingerprint density at radius 1 is 1.37 bits per heavy atom. The molecule has 0 amide bonds. The van der Waals surface area contributed by atoms with Crippen molar-refractivity contribution >= 4 is 0 Å². The van der Waals surface area contributed by atoms with Crippen molar-refractivity contribution in [2.24, 2.45) is 5.92 Å². The molecule has 2 unspecified atom stereocenters. The summed E-state index contributed by atoms with van der Waals surface area (Å²) in [6.07, 6.45) is 2.45. The second-order valence-corrected chi connectivity index (χ2v) is 5.92. The number of hydrogen-bond acceptors (Lipinski definition) is 2. The Bertz CT molecular complexity index is 389. The Kier molecular flexibility index (Phi) is 5.41. The van der Waals surface area contributed by atoms with Crippen LogP contribution >= 0.6 is 0 Å². The zero-order chi connectivity index (χ0) is 13.7. The summed E-state index contributed by atoms with van der Waals surface area (Å²) < 4.78 is 0. The minimum absolute atomic E-state index is 0.677. The molecule has 0 spiro atoms. The molecule has 0 saturated carbocycles. The van der Waals surface area contributed by atoms with E-state index < -0.39 is 0 Å². The van der Waals surface area contributed by atoms with Gasteiger partial charge < -0.3 is 10.2 Å². The van der Waals surface area contributed by atoms with E-state index in [-0.39, 0.29) is 0 Å². The molecule has 1 aromatic rings. The number of hydrogen-bond donors (Lipinski definition) is 1. The van der Waals surface area contributed by atoms with Gasteiger partial charge in [-0.05, 0) is 30.4 Å². The molecule has 1 aromatic carbocycles. The maximum Gasteiger partial charge on any atom is 0.0221 e. The van der Waals surface area contributed by atoms with Crippen LogP contribution in [0.15, 0.2) is 24.3 Å². The normalized spacial score (nSPS) is 22.4. The molecule has 1 aliphatic rings. The van der Waals surface area contributed by atoms with E-state index >= 15 is 0 Å². The maximum absolute atomic E-state index is 3.67. The summed E-state index contributed by atoms with van der Waals surface area (Å²) in [4.78, 5) is 2.62. The Morgan fingerprint density at radius 3 is 2.89 bits per heavy atom. The van der Waals surface area contributed by atoms with Crippen LogP contribution in [0.4, 0.5) is 0 Å². The van der Waals surface area contributed by atoms with Crippen molar-refractivity contribution in [1.29, 1.82) is 0 Å². The fraction of sp³-hybridized carbons (Fsp3) is 0.647. The van der Waals surface area contributed by atoms with Gasteiger partial charge in [-0.15, -0.1) is 0 Å². The molecule has 2 heteroatoms. The van der Waals surface area contributed by atoms with Crippen molar-refractivity contribution in [2.45, 2.75) is 39.7 Å². The van der Waals surface area contributed by atoms with Crippen LogP contribution in [0.3, 0.4) is 0 Å². The molecular formula is C17H28N2. The van der Waals surface area contributed by atoms with Crippen molar-refractivity contribution in [2.75, 3.05) is 26.2 Å². The lowest BCUT2D eigenvalue weighted by Gasteiger charge is -2.36. The van der Waals surface area contributed by atoms with Gasteiger partial charge in [0.1, 0.15) is 0 Å². The summed E-state index contributed by atoms with van der Waals surface area (Å²) in [6, 6.07) is 9.44. The lowest BCUT2D eigenvalue weighted by molar-refractivity contribution is 0.170. The topological polar surface area (TPSA) is 15.3 Å². The maximum atomic E-state index is 3.67. The van der Waals surface area contributed by atoms with Gasteiger partial charge in [-0.1, -0.05) is 44.5 Å². The molecule has 106 valence electrons. The van der Waals surface area contributed by atoms with Crippen molar-refractivity contribution in [3.05, 3.63) is 35.4 Å².